The van der Waals surface area contributed by atoms with Gasteiger partial charge in [0.05, 0.1) is 0 Å². The number of alkyl halides is 11. The van der Waals surface area contributed by atoms with Gasteiger partial charge < -0.3 is 0 Å². The Bertz CT molecular complexity index is 496. The Hall–Kier alpha value is -0.860. The summed E-state index contributed by atoms with van der Waals surface area (Å²) in [6.07, 6.45) is 0. The zero-order valence-electron chi connectivity index (χ0n) is 9.04. The Morgan fingerprint density at radius 3 is 1.29 bits per heavy atom. The lowest BCUT2D eigenvalue weighted by molar-refractivity contribution is -0.390. The lowest BCUT2D eigenvalue weighted by atomic mass is 9.99. The first-order valence-corrected chi connectivity index (χ1v) is 5.67. The first kappa shape index (κ1) is 20.1. The molecule has 0 aliphatic heterocycles. The summed E-state index contributed by atoms with van der Waals surface area (Å²) in [7, 11) is -7.39. The van der Waals surface area contributed by atoms with E-state index in [1.54, 1.807) is 0 Å². The molecule has 0 rings (SSSR count). The predicted molar refractivity (Wildman–Crippen MR) is 42.3 cm³/mol. The van der Waals surface area contributed by atoms with Crippen molar-refractivity contribution in [2.45, 2.75) is 28.9 Å². The van der Waals surface area contributed by atoms with Crippen molar-refractivity contribution in [2.24, 2.45) is 0 Å². The highest BCUT2D eigenvalue weighted by molar-refractivity contribution is 7.87. The molecule has 0 aliphatic rings. The molecule has 0 aromatic rings. The maximum absolute atomic E-state index is 12.7. The predicted octanol–water partition coefficient (Wildman–Crippen LogP) is 2.98. The molecule has 3 nitrogen and oxygen atoms in total. The van der Waals surface area contributed by atoms with E-state index < -0.39 is 45.7 Å². The molecular formula is C6H3F11O3S. The molecule has 0 amide bonds. The molecule has 0 heterocycles. The quantitative estimate of drug-likeness (QED) is 0.583. The Kier molecular flexibility index (Phi) is 4.62. The van der Waals surface area contributed by atoms with E-state index in [1.807, 2.05) is 0 Å². The van der Waals surface area contributed by atoms with Crippen molar-refractivity contribution >= 4 is 10.1 Å². The largest absolute Gasteiger partial charge is 0.438 e. The van der Waals surface area contributed by atoms with Crippen LogP contribution in [0.15, 0.2) is 0 Å². The van der Waals surface area contributed by atoms with Crippen molar-refractivity contribution in [3.8, 4) is 0 Å². The summed E-state index contributed by atoms with van der Waals surface area (Å²) in [4.78, 5) is 0. The van der Waals surface area contributed by atoms with Gasteiger partial charge in [-0.2, -0.15) is 52.3 Å². The standard InChI is InChI=1S/C6H3F11O3S/c7-1-2(8,9)3(10,11)4(12,13)5(14,15)6(16,17)21(18,19)20/h1H2,(H,18,19,20). The third-order valence-electron chi connectivity index (χ3n) is 2.11. The molecule has 0 aliphatic carbocycles. The maximum atomic E-state index is 12.7. The van der Waals surface area contributed by atoms with E-state index >= 15 is 0 Å². The minimum absolute atomic E-state index is 3.64. The second-order valence-electron chi connectivity index (χ2n) is 3.55. The summed E-state index contributed by atoms with van der Waals surface area (Å²) in [5.41, 5.74) is 0. The van der Waals surface area contributed by atoms with Crippen LogP contribution < -0.4 is 0 Å². The van der Waals surface area contributed by atoms with Gasteiger partial charge in [-0.1, -0.05) is 0 Å². The molecule has 0 spiro atoms. The first-order valence-electron chi connectivity index (χ1n) is 4.23. The Balaban J connectivity index is 6.27. The number of rotatable bonds is 6. The van der Waals surface area contributed by atoms with E-state index in [-0.39, 0.29) is 0 Å². The molecule has 0 aromatic carbocycles. The van der Waals surface area contributed by atoms with Crippen LogP contribution in [-0.4, -0.2) is 48.6 Å². The van der Waals surface area contributed by atoms with Crippen LogP contribution in [0.4, 0.5) is 48.3 Å². The van der Waals surface area contributed by atoms with Gasteiger partial charge in [0.2, 0.25) is 0 Å². The third kappa shape index (κ3) is 2.53. The molecule has 0 atom stereocenters. The molecular weight excluding hydrogens is 361 g/mol. The monoisotopic (exact) mass is 364 g/mol. The highest BCUT2D eigenvalue weighted by atomic mass is 32.2. The van der Waals surface area contributed by atoms with Crippen molar-refractivity contribution in [3.63, 3.8) is 0 Å². The molecule has 1 N–H and O–H groups in total. The maximum Gasteiger partial charge on any atom is 0.438 e. The summed E-state index contributed by atoms with van der Waals surface area (Å²) in [6.45, 7) is -3.64. The van der Waals surface area contributed by atoms with Crippen LogP contribution in [0.3, 0.4) is 0 Å². The molecule has 21 heavy (non-hydrogen) atoms. The van der Waals surface area contributed by atoms with Crippen molar-refractivity contribution < 1.29 is 61.3 Å². The molecule has 15 heteroatoms. The zero-order valence-corrected chi connectivity index (χ0v) is 9.85. The van der Waals surface area contributed by atoms with Crippen LogP contribution in [0.25, 0.3) is 0 Å². The third-order valence-corrected chi connectivity index (χ3v) is 3.01. The van der Waals surface area contributed by atoms with Crippen LogP contribution in [-0.2, 0) is 10.1 Å². The lowest BCUT2D eigenvalue weighted by Gasteiger charge is -2.37. The zero-order chi connectivity index (χ0) is 17.7. The van der Waals surface area contributed by atoms with Crippen molar-refractivity contribution in [1.29, 1.82) is 0 Å². The average molecular weight is 364 g/mol. The van der Waals surface area contributed by atoms with E-state index in [0.717, 1.165) is 0 Å². The van der Waals surface area contributed by atoms with E-state index in [2.05, 4.69) is 0 Å². The molecule has 0 aromatic heterocycles. The Labute approximate surface area is 108 Å². The van der Waals surface area contributed by atoms with Crippen LogP contribution in [0.1, 0.15) is 0 Å². The van der Waals surface area contributed by atoms with Gasteiger partial charge in [0, 0.05) is 0 Å². The fraction of sp³-hybridized carbons (Fsp3) is 1.00. The van der Waals surface area contributed by atoms with Crippen molar-refractivity contribution in [3.05, 3.63) is 0 Å². The number of halogens is 11. The molecule has 0 bridgehead atoms. The van der Waals surface area contributed by atoms with Crippen molar-refractivity contribution in [2.75, 3.05) is 6.67 Å². The summed E-state index contributed by atoms with van der Waals surface area (Å²) < 4.78 is 164. The number of hydrogen-bond acceptors (Lipinski definition) is 2. The SMILES string of the molecule is O=S(=O)(O)C(F)(F)C(F)(F)C(F)(F)C(F)(F)C(F)(F)CF. The molecule has 0 saturated heterocycles. The Morgan fingerprint density at radius 2 is 1.05 bits per heavy atom. The molecule has 0 fully saturated rings. The van der Waals surface area contributed by atoms with Crippen LogP contribution >= 0.6 is 0 Å². The van der Waals surface area contributed by atoms with Gasteiger partial charge in [0.15, 0.2) is 6.67 Å². The average Bonchev–Trinajstić information content (AvgIpc) is 2.26. The van der Waals surface area contributed by atoms with Crippen LogP contribution in [0.5, 0.6) is 0 Å². The van der Waals surface area contributed by atoms with Gasteiger partial charge in [-0.25, -0.2) is 4.39 Å². The van der Waals surface area contributed by atoms with Crippen LogP contribution in [0, 0.1) is 0 Å². The molecule has 0 saturated carbocycles. The highest BCUT2D eigenvalue weighted by Crippen LogP contribution is 2.57. The summed E-state index contributed by atoms with van der Waals surface area (Å²) in [5.74, 6) is -29.3. The van der Waals surface area contributed by atoms with Gasteiger partial charge in [-0.15, -0.1) is 0 Å². The van der Waals surface area contributed by atoms with E-state index in [4.69, 9.17) is 4.55 Å². The lowest BCUT2D eigenvalue weighted by Crippen LogP contribution is -2.69. The second kappa shape index (κ2) is 4.82. The molecule has 0 radical (unpaired) electrons. The van der Waals surface area contributed by atoms with E-state index in [9.17, 15) is 56.7 Å². The fourth-order valence-corrected chi connectivity index (χ4v) is 1.31. The van der Waals surface area contributed by atoms with Gasteiger partial charge in [-0.3, -0.25) is 4.55 Å². The number of hydrogen-bond donors (Lipinski definition) is 1. The first-order chi connectivity index (χ1) is 8.81. The normalized spacial score (nSPS) is 16.2. The minimum atomic E-state index is -7.73. The highest BCUT2D eigenvalue weighted by Gasteiger charge is 2.88. The van der Waals surface area contributed by atoms with Crippen LogP contribution in [0.2, 0.25) is 0 Å². The summed E-state index contributed by atoms with van der Waals surface area (Å²) >= 11 is 0. The van der Waals surface area contributed by atoms with Gasteiger partial charge in [0.1, 0.15) is 0 Å². The minimum Gasteiger partial charge on any atom is -0.281 e. The van der Waals surface area contributed by atoms with E-state index in [0.29, 0.717) is 0 Å². The van der Waals surface area contributed by atoms with Crippen molar-refractivity contribution in [1.82, 2.24) is 0 Å². The van der Waals surface area contributed by atoms with E-state index in [1.165, 1.54) is 0 Å². The topological polar surface area (TPSA) is 54.4 Å². The van der Waals surface area contributed by atoms with Gasteiger partial charge in [-0.05, 0) is 0 Å². The summed E-state index contributed by atoms with van der Waals surface area (Å²) in [6, 6.07) is 0. The molecule has 0 unspecified atom stereocenters. The smallest absolute Gasteiger partial charge is 0.281 e. The van der Waals surface area contributed by atoms with Gasteiger partial charge >= 0.3 is 39.1 Å². The molecule has 128 valence electrons. The fourth-order valence-electron chi connectivity index (χ4n) is 0.856. The summed E-state index contributed by atoms with van der Waals surface area (Å²) in [5, 5.41) is -7.25. The Morgan fingerprint density at radius 1 is 0.714 bits per heavy atom. The van der Waals surface area contributed by atoms with Gasteiger partial charge in [0.25, 0.3) is 0 Å². The second-order valence-corrected chi connectivity index (χ2v) is 5.02.